The molecule has 0 unspecified atom stereocenters. The van der Waals surface area contributed by atoms with Crippen LogP contribution in [0, 0.1) is 5.92 Å². The van der Waals surface area contributed by atoms with Crippen LogP contribution >= 0.6 is 12.4 Å². The number of aromatic amines is 1. The molecule has 0 aliphatic carbocycles. The zero-order valence-electron chi connectivity index (χ0n) is 13.4. The van der Waals surface area contributed by atoms with Crippen molar-refractivity contribution < 1.29 is 4.79 Å². The SMILES string of the molecule is CC(C)Cn1ccnc1CNC(=O)c1n[nH]c2c1CNCC2.Cl. The van der Waals surface area contributed by atoms with Crippen LogP contribution in [0.5, 0.6) is 0 Å². The first-order valence-electron chi connectivity index (χ1n) is 7.70. The molecule has 8 heteroatoms. The predicted molar refractivity (Wildman–Crippen MR) is 89.5 cm³/mol. The summed E-state index contributed by atoms with van der Waals surface area (Å²) in [6.45, 7) is 7.23. The van der Waals surface area contributed by atoms with Gasteiger partial charge in [0, 0.05) is 49.7 Å². The van der Waals surface area contributed by atoms with Crippen LogP contribution in [0.15, 0.2) is 12.4 Å². The molecule has 0 saturated carbocycles. The number of H-pyrrole nitrogens is 1. The third kappa shape index (κ3) is 3.92. The van der Waals surface area contributed by atoms with Crippen LogP contribution in [0.2, 0.25) is 0 Å². The highest BCUT2D eigenvalue weighted by Crippen LogP contribution is 2.15. The van der Waals surface area contributed by atoms with E-state index in [1.807, 2.05) is 6.20 Å². The molecule has 3 heterocycles. The lowest BCUT2D eigenvalue weighted by atomic mass is 10.1. The second-order valence-corrected chi connectivity index (χ2v) is 6.03. The van der Waals surface area contributed by atoms with E-state index in [2.05, 4.69) is 44.2 Å². The van der Waals surface area contributed by atoms with Crippen LogP contribution in [0.25, 0.3) is 0 Å². The van der Waals surface area contributed by atoms with Gasteiger partial charge in [-0.25, -0.2) is 4.98 Å². The number of rotatable bonds is 5. The largest absolute Gasteiger partial charge is 0.343 e. The molecule has 7 nitrogen and oxygen atoms in total. The molecule has 126 valence electrons. The fourth-order valence-corrected chi connectivity index (χ4v) is 2.72. The van der Waals surface area contributed by atoms with Crippen molar-refractivity contribution in [2.45, 2.75) is 39.9 Å². The summed E-state index contributed by atoms with van der Waals surface area (Å²) in [6, 6.07) is 0. The van der Waals surface area contributed by atoms with Gasteiger partial charge in [-0.1, -0.05) is 13.8 Å². The molecule has 1 aliphatic rings. The van der Waals surface area contributed by atoms with E-state index in [0.717, 1.165) is 36.6 Å². The summed E-state index contributed by atoms with van der Waals surface area (Å²) >= 11 is 0. The number of hydrogen-bond acceptors (Lipinski definition) is 4. The summed E-state index contributed by atoms with van der Waals surface area (Å²) < 4.78 is 2.08. The maximum Gasteiger partial charge on any atom is 0.272 e. The number of imidazole rings is 1. The average molecular weight is 339 g/mol. The van der Waals surface area contributed by atoms with Crippen molar-refractivity contribution in [3.63, 3.8) is 0 Å². The minimum Gasteiger partial charge on any atom is -0.343 e. The lowest BCUT2D eigenvalue weighted by Gasteiger charge is -2.13. The number of carbonyl (C=O) groups excluding carboxylic acids is 1. The average Bonchev–Trinajstić information content (AvgIpc) is 3.11. The second-order valence-electron chi connectivity index (χ2n) is 6.03. The molecule has 0 radical (unpaired) electrons. The van der Waals surface area contributed by atoms with E-state index >= 15 is 0 Å². The van der Waals surface area contributed by atoms with Gasteiger partial charge in [0.1, 0.15) is 5.82 Å². The van der Waals surface area contributed by atoms with Gasteiger partial charge in [0.15, 0.2) is 5.69 Å². The molecular formula is C15H23ClN6O. The summed E-state index contributed by atoms with van der Waals surface area (Å²) in [7, 11) is 0. The molecular weight excluding hydrogens is 316 g/mol. The first-order valence-corrected chi connectivity index (χ1v) is 7.70. The Bertz CT molecular complexity index is 663. The highest BCUT2D eigenvalue weighted by atomic mass is 35.5. The Morgan fingerprint density at radius 3 is 3.09 bits per heavy atom. The van der Waals surface area contributed by atoms with Gasteiger partial charge in [-0.05, 0) is 5.92 Å². The van der Waals surface area contributed by atoms with Crippen molar-refractivity contribution in [3.05, 3.63) is 35.2 Å². The molecule has 0 saturated heterocycles. The van der Waals surface area contributed by atoms with E-state index in [1.165, 1.54) is 0 Å². The van der Waals surface area contributed by atoms with E-state index in [9.17, 15) is 4.79 Å². The van der Waals surface area contributed by atoms with Crippen LogP contribution < -0.4 is 10.6 Å². The highest BCUT2D eigenvalue weighted by molar-refractivity contribution is 5.93. The number of nitrogens with one attached hydrogen (secondary N) is 3. The maximum absolute atomic E-state index is 12.3. The summed E-state index contributed by atoms with van der Waals surface area (Å²) in [5.41, 5.74) is 2.53. The fraction of sp³-hybridized carbons (Fsp3) is 0.533. The Kier molecular flexibility index (Phi) is 5.79. The van der Waals surface area contributed by atoms with Crippen molar-refractivity contribution in [1.82, 2.24) is 30.4 Å². The molecule has 0 atom stereocenters. The van der Waals surface area contributed by atoms with Gasteiger partial charge >= 0.3 is 0 Å². The number of aromatic nitrogens is 4. The molecule has 1 aliphatic heterocycles. The van der Waals surface area contributed by atoms with Crippen molar-refractivity contribution in [2.75, 3.05) is 6.54 Å². The third-order valence-electron chi connectivity index (χ3n) is 3.79. The van der Waals surface area contributed by atoms with Crippen LogP contribution in [-0.4, -0.2) is 32.2 Å². The molecule has 0 aromatic carbocycles. The van der Waals surface area contributed by atoms with Gasteiger partial charge < -0.3 is 15.2 Å². The standard InChI is InChI=1S/C15H22N6O.ClH/c1-10(2)9-21-6-5-17-13(21)8-18-15(22)14-11-7-16-4-3-12(11)19-20-14;/h5-6,10,16H,3-4,7-9H2,1-2H3,(H,18,22)(H,19,20);1H. The second kappa shape index (κ2) is 7.61. The van der Waals surface area contributed by atoms with E-state index in [0.29, 0.717) is 24.7 Å². The van der Waals surface area contributed by atoms with Gasteiger partial charge in [-0.2, -0.15) is 5.10 Å². The Labute approximate surface area is 141 Å². The summed E-state index contributed by atoms with van der Waals surface area (Å²) in [5, 5.41) is 13.3. The van der Waals surface area contributed by atoms with Crippen LogP contribution in [0.1, 0.15) is 41.4 Å². The van der Waals surface area contributed by atoms with Gasteiger partial charge in [-0.15, -0.1) is 12.4 Å². The monoisotopic (exact) mass is 338 g/mol. The summed E-state index contributed by atoms with van der Waals surface area (Å²) in [6.07, 6.45) is 4.60. The number of hydrogen-bond donors (Lipinski definition) is 3. The molecule has 0 spiro atoms. The molecule has 3 rings (SSSR count). The normalized spacial score (nSPS) is 13.5. The topological polar surface area (TPSA) is 87.6 Å². The third-order valence-corrected chi connectivity index (χ3v) is 3.79. The van der Waals surface area contributed by atoms with E-state index in [4.69, 9.17) is 0 Å². The quantitative estimate of drug-likeness (QED) is 0.766. The number of nitrogens with zero attached hydrogens (tertiary/aromatic N) is 3. The van der Waals surface area contributed by atoms with Crippen LogP contribution in [0.3, 0.4) is 0 Å². The van der Waals surface area contributed by atoms with Gasteiger partial charge in [0.05, 0.1) is 6.54 Å². The molecule has 2 aromatic rings. The number of fused-ring (bicyclic) bond motifs is 1. The first-order chi connectivity index (χ1) is 10.6. The Morgan fingerprint density at radius 1 is 1.48 bits per heavy atom. The van der Waals surface area contributed by atoms with Gasteiger partial charge in [-0.3, -0.25) is 9.89 Å². The zero-order valence-corrected chi connectivity index (χ0v) is 14.2. The minimum atomic E-state index is -0.153. The molecule has 1 amide bonds. The van der Waals surface area contributed by atoms with Gasteiger partial charge in [0.25, 0.3) is 5.91 Å². The smallest absolute Gasteiger partial charge is 0.272 e. The predicted octanol–water partition coefficient (Wildman–Crippen LogP) is 1.26. The van der Waals surface area contributed by atoms with E-state index < -0.39 is 0 Å². The molecule has 3 N–H and O–H groups in total. The first kappa shape index (κ1) is 17.5. The number of carbonyl (C=O) groups is 1. The molecule has 0 bridgehead atoms. The Hall–Kier alpha value is -1.86. The molecule has 23 heavy (non-hydrogen) atoms. The van der Waals surface area contributed by atoms with Gasteiger partial charge in [0.2, 0.25) is 0 Å². The lowest BCUT2D eigenvalue weighted by Crippen LogP contribution is -2.29. The van der Waals surface area contributed by atoms with Crippen molar-refractivity contribution in [2.24, 2.45) is 5.92 Å². The maximum atomic E-state index is 12.3. The number of amides is 1. The van der Waals surface area contributed by atoms with E-state index in [-0.39, 0.29) is 18.3 Å². The van der Waals surface area contributed by atoms with Crippen LogP contribution in [0.4, 0.5) is 0 Å². The van der Waals surface area contributed by atoms with Crippen molar-refractivity contribution in [3.8, 4) is 0 Å². The summed E-state index contributed by atoms with van der Waals surface area (Å²) in [5.74, 6) is 1.25. The number of halogens is 1. The highest BCUT2D eigenvalue weighted by Gasteiger charge is 2.21. The fourth-order valence-electron chi connectivity index (χ4n) is 2.72. The van der Waals surface area contributed by atoms with E-state index in [1.54, 1.807) is 6.20 Å². The lowest BCUT2D eigenvalue weighted by molar-refractivity contribution is 0.0943. The minimum absolute atomic E-state index is 0. The molecule has 2 aromatic heterocycles. The Balaban J connectivity index is 0.00000192. The van der Waals surface area contributed by atoms with Crippen LogP contribution in [-0.2, 0) is 26.1 Å². The van der Waals surface area contributed by atoms with Crippen molar-refractivity contribution in [1.29, 1.82) is 0 Å². The summed E-state index contributed by atoms with van der Waals surface area (Å²) in [4.78, 5) is 16.7. The molecule has 0 fully saturated rings. The van der Waals surface area contributed by atoms with Crippen molar-refractivity contribution >= 4 is 18.3 Å². The zero-order chi connectivity index (χ0) is 15.5. The Morgan fingerprint density at radius 2 is 2.30 bits per heavy atom.